The highest BCUT2D eigenvalue weighted by molar-refractivity contribution is 8.00. The summed E-state index contributed by atoms with van der Waals surface area (Å²) in [5.74, 6) is 1.41. The lowest BCUT2D eigenvalue weighted by molar-refractivity contribution is -0.128. The summed E-state index contributed by atoms with van der Waals surface area (Å²) in [7, 11) is 3.18. The molecule has 2 aromatic carbocycles. The van der Waals surface area contributed by atoms with E-state index < -0.39 is 0 Å². The second kappa shape index (κ2) is 7.13. The minimum atomic E-state index is -0.307. The molecule has 0 aliphatic carbocycles. The summed E-state index contributed by atoms with van der Waals surface area (Å²) in [6.45, 7) is 0.226. The number of rotatable bonds is 5. The molecular formula is C18H18FNO3S. The van der Waals surface area contributed by atoms with Crippen LogP contribution in [0.2, 0.25) is 0 Å². The first-order valence-corrected chi connectivity index (χ1v) is 8.55. The highest BCUT2D eigenvalue weighted by atomic mass is 32.2. The van der Waals surface area contributed by atoms with Crippen molar-refractivity contribution in [1.29, 1.82) is 0 Å². The number of hydrogen-bond donors (Lipinski definition) is 0. The zero-order chi connectivity index (χ0) is 17.1. The molecule has 126 valence electrons. The molecule has 2 aromatic rings. The van der Waals surface area contributed by atoms with Crippen LogP contribution >= 0.6 is 11.8 Å². The summed E-state index contributed by atoms with van der Waals surface area (Å²) in [5.41, 5.74) is 1.35. The Morgan fingerprint density at radius 2 is 2.00 bits per heavy atom. The Bertz CT molecular complexity index is 753. The zero-order valence-corrected chi connectivity index (χ0v) is 14.3. The van der Waals surface area contributed by atoms with Crippen molar-refractivity contribution in [3.05, 3.63) is 59.4 Å². The summed E-state index contributed by atoms with van der Waals surface area (Å²) in [4.78, 5) is 14.0. The summed E-state index contributed by atoms with van der Waals surface area (Å²) < 4.78 is 24.7. The number of carbonyl (C=O) groups excluding carboxylic acids is 1. The van der Waals surface area contributed by atoms with Gasteiger partial charge in [0.2, 0.25) is 5.91 Å². The van der Waals surface area contributed by atoms with E-state index in [0.29, 0.717) is 22.8 Å². The number of ether oxygens (including phenoxy) is 2. The molecule has 1 heterocycles. The molecule has 0 saturated carbocycles. The standard InChI is InChI=1S/C18H18FNO3S/c1-22-13-7-8-16(23-2)14(9-13)18-20(17(21)11-24-18)10-12-5-3-4-6-15(12)19/h3-9,18H,10-11H2,1-2H3. The van der Waals surface area contributed by atoms with Crippen molar-refractivity contribution in [1.82, 2.24) is 4.90 Å². The van der Waals surface area contributed by atoms with E-state index in [2.05, 4.69) is 0 Å². The Balaban J connectivity index is 1.95. The van der Waals surface area contributed by atoms with Crippen molar-refractivity contribution in [3.63, 3.8) is 0 Å². The van der Waals surface area contributed by atoms with Gasteiger partial charge < -0.3 is 14.4 Å². The molecule has 1 atom stereocenters. The number of thioether (sulfide) groups is 1. The number of benzene rings is 2. The van der Waals surface area contributed by atoms with E-state index in [1.807, 2.05) is 18.2 Å². The van der Waals surface area contributed by atoms with Gasteiger partial charge in [-0.3, -0.25) is 4.79 Å². The highest BCUT2D eigenvalue weighted by Crippen LogP contribution is 2.44. The Hall–Kier alpha value is -2.21. The van der Waals surface area contributed by atoms with Crippen LogP contribution in [-0.4, -0.2) is 30.8 Å². The molecule has 3 rings (SSSR count). The molecule has 1 fully saturated rings. The van der Waals surface area contributed by atoms with Crippen LogP contribution in [0, 0.1) is 5.82 Å². The van der Waals surface area contributed by atoms with E-state index in [1.165, 1.54) is 17.8 Å². The Kier molecular flexibility index (Phi) is 4.94. The van der Waals surface area contributed by atoms with Gasteiger partial charge in [0.25, 0.3) is 0 Å². The van der Waals surface area contributed by atoms with E-state index in [4.69, 9.17) is 9.47 Å². The second-order valence-corrected chi connectivity index (χ2v) is 6.45. The van der Waals surface area contributed by atoms with Crippen LogP contribution in [0.4, 0.5) is 4.39 Å². The number of nitrogens with zero attached hydrogens (tertiary/aromatic N) is 1. The van der Waals surface area contributed by atoms with Crippen LogP contribution in [0.5, 0.6) is 11.5 Å². The number of carbonyl (C=O) groups is 1. The fraction of sp³-hybridized carbons (Fsp3) is 0.278. The maximum atomic E-state index is 14.0. The molecule has 0 radical (unpaired) electrons. The van der Waals surface area contributed by atoms with Crippen LogP contribution in [0.3, 0.4) is 0 Å². The summed E-state index contributed by atoms with van der Waals surface area (Å²) in [6, 6.07) is 12.0. The maximum Gasteiger partial charge on any atom is 0.234 e. The summed E-state index contributed by atoms with van der Waals surface area (Å²) in [5, 5.41) is -0.234. The minimum Gasteiger partial charge on any atom is -0.497 e. The number of hydrogen-bond acceptors (Lipinski definition) is 4. The van der Waals surface area contributed by atoms with Crippen LogP contribution in [0.1, 0.15) is 16.5 Å². The molecule has 1 unspecified atom stereocenters. The number of halogens is 1. The van der Waals surface area contributed by atoms with Gasteiger partial charge in [0.1, 0.15) is 22.7 Å². The third-order valence-corrected chi connectivity index (χ3v) is 5.21. The predicted octanol–water partition coefficient (Wildman–Crippen LogP) is 3.62. The third kappa shape index (κ3) is 3.19. The molecule has 1 saturated heterocycles. The average Bonchev–Trinajstić information content (AvgIpc) is 2.97. The largest absolute Gasteiger partial charge is 0.497 e. The third-order valence-electron chi connectivity index (χ3n) is 3.97. The molecule has 4 nitrogen and oxygen atoms in total. The van der Waals surface area contributed by atoms with Crippen molar-refractivity contribution in [3.8, 4) is 11.5 Å². The SMILES string of the molecule is COc1ccc(OC)c(C2SCC(=O)N2Cc2ccccc2F)c1. The van der Waals surface area contributed by atoms with Gasteiger partial charge in [-0.05, 0) is 24.3 Å². The molecule has 1 aliphatic heterocycles. The van der Waals surface area contributed by atoms with Crippen molar-refractivity contribution < 1.29 is 18.7 Å². The fourth-order valence-electron chi connectivity index (χ4n) is 2.73. The monoisotopic (exact) mass is 347 g/mol. The topological polar surface area (TPSA) is 38.8 Å². The van der Waals surface area contributed by atoms with E-state index in [-0.39, 0.29) is 23.6 Å². The van der Waals surface area contributed by atoms with Crippen LogP contribution < -0.4 is 9.47 Å². The molecular weight excluding hydrogens is 329 g/mol. The first kappa shape index (κ1) is 16.6. The lowest BCUT2D eigenvalue weighted by Crippen LogP contribution is -2.28. The molecule has 24 heavy (non-hydrogen) atoms. The van der Waals surface area contributed by atoms with Crippen LogP contribution in [-0.2, 0) is 11.3 Å². The van der Waals surface area contributed by atoms with Crippen molar-refractivity contribution in [2.24, 2.45) is 0 Å². The van der Waals surface area contributed by atoms with Gasteiger partial charge in [0, 0.05) is 17.7 Å². The van der Waals surface area contributed by atoms with Gasteiger partial charge in [-0.25, -0.2) is 4.39 Å². The van der Waals surface area contributed by atoms with Crippen LogP contribution in [0.15, 0.2) is 42.5 Å². The molecule has 0 aromatic heterocycles. The molecule has 1 aliphatic rings. The van der Waals surface area contributed by atoms with Crippen molar-refractivity contribution in [2.45, 2.75) is 11.9 Å². The van der Waals surface area contributed by atoms with Gasteiger partial charge in [0.15, 0.2) is 0 Å². The quantitative estimate of drug-likeness (QED) is 0.828. The highest BCUT2D eigenvalue weighted by Gasteiger charge is 2.35. The second-order valence-electron chi connectivity index (χ2n) is 5.38. The summed E-state index contributed by atoms with van der Waals surface area (Å²) in [6.07, 6.45) is 0. The van der Waals surface area contributed by atoms with Gasteiger partial charge in [-0.2, -0.15) is 0 Å². The normalized spacial score (nSPS) is 17.2. The van der Waals surface area contributed by atoms with E-state index >= 15 is 0 Å². The van der Waals surface area contributed by atoms with E-state index in [0.717, 1.165) is 5.56 Å². The van der Waals surface area contributed by atoms with Crippen molar-refractivity contribution in [2.75, 3.05) is 20.0 Å². The Labute approximate surface area is 144 Å². The Morgan fingerprint density at radius 3 is 2.71 bits per heavy atom. The fourth-order valence-corrected chi connectivity index (χ4v) is 3.93. The average molecular weight is 347 g/mol. The molecule has 1 amide bonds. The first-order valence-electron chi connectivity index (χ1n) is 7.50. The first-order chi connectivity index (χ1) is 11.6. The van der Waals surface area contributed by atoms with E-state index in [1.54, 1.807) is 37.3 Å². The lowest BCUT2D eigenvalue weighted by atomic mass is 10.1. The molecule has 0 spiro atoms. The lowest BCUT2D eigenvalue weighted by Gasteiger charge is -2.26. The minimum absolute atomic E-state index is 0.0156. The Morgan fingerprint density at radius 1 is 1.21 bits per heavy atom. The van der Waals surface area contributed by atoms with Gasteiger partial charge in [-0.15, -0.1) is 11.8 Å². The van der Waals surface area contributed by atoms with Gasteiger partial charge in [0.05, 0.1) is 20.0 Å². The van der Waals surface area contributed by atoms with Crippen molar-refractivity contribution >= 4 is 17.7 Å². The molecule has 6 heteroatoms. The zero-order valence-electron chi connectivity index (χ0n) is 13.5. The van der Waals surface area contributed by atoms with E-state index in [9.17, 15) is 9.18 Å². The summed E-state index contributed by atoms with van der Waals surface area (Å²) >= 11 is 1.50. The number of amides is 1. The molecule has 0 N–H and O–H groups in total. The number of methoxy groups -OCH3 is 2. The smallest absolute Gasteiger partial charge is 0.234 e. The van der Waals surface area contributed by atoms with Gasteiger partial charge >= 0.3 is 0 Å². The van der Waals surface area contributed by atoms with Gasteiger partial charge in [-0.1, -0.05) is 18.2 Å². The maximum absolute atomic E-state index is 14.0. The predicted molar refractivity (Wildman–Crippen MR) is 91.7 cm³/mol. The van der Waals surface area contributed by atoms with Crippen LogP contribution in [0.25, 0.3) is 0 Å². The molecule has 0 bridgehead atoms.